The Balaban J connectivity index is 1.72. The molecule has 1 saturated heterocycles. The average molecular weight is 474 g/mol. The molecule has 0 radical (unpaired) electrons. The van der Waals surface area contributed by atoms with Gasteiger partial charge < -0.3 is 20.6 Å². The first-order chi connectivity index (χ1) is 16.6. The number of carboxylic acids is 1. The van der Waals surface area contributed by atoms with Crippen LogP contribution < -0.4 is 10.6 Å². The lowest BCUT2D eigenvalue weighted by Crippen LogP contribution is -2.57. The van der Waals surface area contributed by atoms with Crippen molar-refractivity contribution in [1.29, 1.82) is 0 Å². The average Bonchev–Trinajstić information content (AvgIpc) is 2.80. The Labute approximate surface area is 205 Å². The lowest BCUT2D eigenvalue weighted by Gasteiger charge is -2.41. The summed E-state index contributed by atoms with van der Waals surface area (Å²) in [5.74, 6) is -1.43. The van der Waals surface area contributed by atoms with Crippen LogP contribution in [0.5, 0.6) is 0 Å². The Morgan fingerprint density at radius 2 is 1.54 bits per heavy atom. The third-order valence-electron chi connectivity index (χ3n) is 6.88. The van der Waals surface area contributed by atoms with Gasteiger partial charge in [0.2, 0.25) is 0 Å². The maximum Gasteiger partial charge on any atom is 0.329 e. The molecule has 3 aromatic carbocycles. The largest absolute Gasteiger partial charge is 0.480 e. The van der Waals surface area contributed by atoms with Crippen LogP contribution in [0.25, 0.3) is 10.8 Å². The standard InChI is InChI=1S/C28H31N3O4/c1-17-13-18(2)24(19(3)14-17)30-27(35)29-23-16-21-10-6-5-9-20(21)15-22(23)25(32)31-12-8-7-11-28(31,4)26(33)34/h5-6,9-10,13-16H,7-8,11-12H2,1-4H3,(H,33,34)(H2,29,30,35)/t28-/m0/s1. The fourth-order valence-electron chi connectivity index (χ4n) is 4.98. The summed E-state index contributed by atoms with van der Waals surface area (Å²) in [6.07, 6.45) is 1.86. The maximum absolute atomic E-state index is 13.8. The highest BCUT2D eigenvalue weighted by Crippen LogP contribution is 2.33. The quantitative estimate of drug-likeness (QED) is 0.441. The zero-order valence-electron chi connectivity index (χ0n) is 20.6. The van der Waals surface area contributed by atoms with Gasteiger partial charge in [-0.15, -0.1) is 0 Å². The number of benzene rings is 3. The molecule has 7 nitrogen and oxygen atoms in total. The van der Waals surface area contributed by atoms with E-state index in [1.54, 1.807) is 19.1 Å². The second-order valence-corrected chi connectivity index (χ2v) is 9.59. The third-order valence-corrected chi connectivity index (χ3v) is 6.88. The van der Waals surface area contributed by atoms with Crippen LogP contribution in [-0.2, 0) is 4.79 Å². The Morgan fingerprint density at radius 3 is 2.17 bits per heavy atom. The van der Waals surface area contributed by atoms with Crippen LogP contribution >= 0.6 is 0 Å². The number of aryl methyl sites for hydroxylation is 3. The number of hydrogen-bond donors (Lipinski definition) is 3. The predicted octanol–water partition coefficient (Wildman–Crippen LogP) is 5.88. The molecule has 4 rings (SSSR count). The number of carbonyl (C=O) groups excluding carboxylic acids is 2. The van der Waals surface area contributed by atoms with Crippen LogP contribution in [0.1, 0.15) is 53.2 Å². The molecular weight excluding hydrogens is 442 g/mol. The monoisotopic (exact) mass is 473 g/mol. The van der Waals surface area contributed by atoms with Crippen LogP contribution in [0.2, 0.25) is 0 Å². The summed E-state index contributed by atoms with van der Waals surface area (Å²) >= 11 is 0. The zero-order chi connectivity index (χ0) is 25.3. The first-order valence-electron chi connectivity index (χ1n) is 11.8. The molecule has 0 unspecified atom stereocenters. The van der Waals surface area contributed by atoms with E-state index in [4.69, 9.17) is 0 Å². The number of hydrogen-bond acceptors (Lipinski definition) is 3. The third kappa shape index (κ3) is 4.71. The van der Waals surface area contributed by atoms with E-state index in [1.165, 1.54) is 4.90 Å². The Kier molecular flexibility index (Phi) is 6.52. The summed E-state index contributed by atoms with van der Waals surface area (Å²) in [5, 5.41) is 17.4. The van der Waals surface area contributed by atoms with E-state index in [9.17, 15) is 19.5 Å². The number of urea groups is 1. The number of carboxylic acid groups (broad SMARTS) is 1. The second kappa shape index (κ2) is 9.41. The molecule has 1 aliphatic rings. The van der Waals surface area contributed by atoms with Gasteiger partial charge in [0, 0.05) is 12.2 Å². The number of anilines is 2. The molecule has 7 heteroatoms. The smallest absolute Gasteiger partial charge is 0.329 e. The molecular formula is C28H31N3O4. The molecule has 3 amide bonds. The highest BCUT2D eigenvalue weighted by atomic mass is 16.4. The molecule has 1 aliphatic heterocycles. The van der Waals surface area contributed by atoms with Crippen LogP contribution in [0.15, 0.2) is 48.5 Å². The van der Waals surface area contributed by atoms with E-state index in [0.717, 1.165) is 46.0 Å². The molecule has 35 heavy (non-hydrogen) atoms. The van der Waals surface area contributed by atoms with Crippen LogP contribution in [0.3, 0.4) is 0 Å². The highest BCUT2D eigenvalue weighted by molar-refractivity contribution is 6.10. The zero-order valence-corrected chi connectivity index (χ0v) is 20.6. The van der Waals surface area contributed by atoms with Crippen molar-refractivity contribution in [3.63, 3.8) is 0 Å². The lowest BCUT2D eigenvalue weighted by molar-refractivity contribution is -0.150. The molecule has 1 atom stereocenters. The number of fused-ring (bicyclic) bond motifs is 1. The van der Waals surface area contributed by atoms with Gasteiger partial charge in [-0.05, 0) is 81.0 Å². The Hall–Kier alpha value is -3.87. The lowest BCUT2D eigenvalue weighted by atomic mass is 9.87. The van der Waals surface area contributed by atoms with Crippen molar-refractivity contribution in [2.24, 2.45) is 0 Å². The minimum absolute atomic E-state index is 0.269. The van der Waals surface area contributed by atoms with Crippen molar-refractivity contribution in [1.82, 2.24) is 4.90 Å². The molecule has 182 valence electrons. The molecule has 1 heterocycles. The number of carbonyl (C=O) groups is 3. The Bertz CT molecular complexity index is 1310. The maximum atomic E-state index is 13.8. The number of nitrogens with zero attached hydrogens (tertiary/aromatic N) is 1. The molecule has 0 saturated carbocycles. The molecule has 0 aromatic heterocycles. The fourth-order valence-corrected chi connectivity index (χ4v) is 4.98. The summed E-state index contributed by atoms with van der Waals surface area (Å²) in [6, 6.07) is 14.6. The minimum atomic E-state index is -1.30. The van der Waals surface area contributed by atoms with Gasteiger partial charge in [0.05, 0.1) is 11.3 Å². The van der Waals surface area contributed by atoms with E-state index in [0.29, 0.717) is 18.7 Å². The summed E-state index contributed by atoms with van der Waals surface area (Å²) < 4.78 is 0. The number of aliphatic carboxylic acids is 1. The molecule has 1 fully saturated rings. The van der Waals surface area contributed by atoms with Gasteiger partial charge in [-0.25, -0.2) is 9.59 Å². The summed E-state index contributed by atoms with van der Waals surface area (Å²) in [6.45, 7) is 7.81. The van der Waals surface area contributed by atoms with Crippen molar-refractivity contribution >= 4 is 40.1 Å². The minimum Gasteiger partial charge on any atom is -0.480 e. The van der Waals surface area contributed by atoms with Gasteiger partial charge >= 0.3 is 12.0 Å². The SMILES string of the molecule is Cc1cc(C)c(NC(=O)Nc2cc3ccccc3cc2C(=O)N2CCCC[C@@]2(C)C(=O)O)c(C)c1. The van der Waals surface area contributed by atoms with Gasteiger partial charge in [0.15, 0.2) is 0 Å². The van der Waals surface area contributed by atoms with Crippen LogP contribution in [-0.4, -0.2) is 40.0 Å². The van der Waals surface area contributed by atoms with Crippen molar-refractivity contribution in [3.8, 4) is 0 Å². The van der Waals surface area contributed by atoms with Crippen LogP contribution in [0.4, 0.5) is 16.2 Å². The number of piperidine rings is 1. The molecule has 0 spiro atoms. The molecule has 0 aliphatic carbocycles. The molecule has 0 bridgehead atoms. The highest BCUT2D eigenvalue weighted by Gasteiger charge is 2.44. The van der Waals surface area contributed by atoms with Gasteiger partial charge in [0.25, 0.3) is 5.91 Å². The molecule has 3 aromatic rings. The van der Waals surface area contributed by atoms with Crippen molar-refractivity contribution in [2.75, 3.05) is 17.2 Å². The van der Waals surface area contributed by atoms with Crippen molar-refractivity contribution in [2.45, 2.75) is 52.5 Å². The topological polar surface area (TPSA) is 98.7 Å². The van der Waals surface area contributed by atoms with E-state index in [1.807, 2.05) is 57.2 Å². The van der Waals surface area contributed by atoms with E-state index >= 15 is 0 Å². The fraction of sp³-hybridized carbons (Fsp3) is 0.321. The van der Waals surface area contributed by atoms with Gasteiger partial charge in [-0.1, -0.05) is 42.0 Å². The summed E-state index contributed by atoms with van der Waals surface area (Å²) in [7, 11) is 0. The van der Waals surface area contributed by atoms with E-state index in [-0.39, 0.29) is 5.56 Å². The number of amides is 3. The van der Waals surface area contributed by atoms with Gasteiger partial charge in [0.1, 0.15) is 5.54 Å². The first-order valence-corrected chi connectivity index (χ1v) is 11.8. The van der Waals surface area contributed by atoms with Gasteiger partial charge in [-0.2, -0.15) is 0 Å². The summed E-state index contributed by atoms with van der Waals surface area (Å²) in [4.78, 5) is 40.4. The predicted molar refractivity (Wildman–Crippen MR) is 138 cm³/mol. The summed E-state index contributed by atoms with van der Waals surface area (Å²) in [5.41, 5.74) is 3.03. The Morgan fingerprint density at radius 1 is 0.914 bits per heavy atom. The van der Waals surface area contributed by atoms with E-state index < -0.39 is 23.4 Å². The van der Waals surface area contributed by atoms with Crippen molar-refractivity contribution < 1.29 is 19.5 Å². The van der Waals surface area contributed by atoms with Gasteiger partial charge in [-0.3, -0.25) is 4.79 Å². The number of nitrogens with one attached hydrogen (secondary N) is 2. The van der Waals surface area contributed by atoms with Crippen molar-refractivity contribution in [3.05, 3.63) is 70.8 Å². The van der Waals surface area contributed by atoms with E-state index in [2.05, 4.69) is 10.6 Å². The number of likely N-dealkylation sites (tertiary alicyclic amines) is 1. The normalized spacial score (nSPS) is 17.8. The number of rotatable bonds is 4. The van der Waals surface area contributed by atoms with Crippen LogP contribution in [0, 0.1) is 20.8 Å². The second-order valence-electron chi connectivity index (χ2n) is 9.59. The molecule has 3 N–H and O–H groups in total. The first kappa shape index (κ1) is 24.3.